The van der Waals surface area contributed by atoms with E-state index in [1.165, 1.54) is 0 Å². The fourth-order valence-electron chi connectivity index (χ4n) is 1.44. The molecule has 0 amide bonds. The van der Waals surface area contributed by atoms with E-state index in [0.717, 1.165) is 11.3 Å². The maximum absolute atomic E-state index is 8.85. The molecule has 1 aromatic heterocycles. The number of hydrogen-bond donors (Lipinski definition) is 2. The molecule has 17 heavy (non-hydrogen) atoms. The normalized spacial score (nSPS) is 9.65. The highest BCUT2D eigenvalue weighted by atomic mass is 15.0. The lowest BCUT2D eigenvalue weighted by atomic mass is 10.1. The summed E-state index contributed by atoms with van der Waals surface area (Å²) in [5, 5.41) is 12.0. The molecule has 2 rings (SSSR count). The first-order chi connectivity index (χ1) is 8.19. The summed E-state index contributed by atoms with van der Waals surface area (Å²) in [4.78, 5) is 4.15. The lowest BCUT2D eigenvalue weighted by molar-refractivity contribution is 1.30. The molecule has 0 saturated heterocycles. The molecule has 0 radical (unpaired) electrons. The molecule has 4 heteroatoms. The summed E-state index contributed by atoms with van der Waals surface area (Å²) >= 11 is 0. The van der Waals surface area contributed by atoms with Gasteiger partial charge in [0, 0.05) is 5.69 Å². The Labute approximate surface area is 99.7 Å². The Morgan fingerprint density at radius 3 is 2.76 bits per heavy atom. The van der Waals surface area contributed by atoms with Gasteiger partial charge in [-0.1, -0.05) is 6.07 Å². The van der Waals surface area contributed by atoms with Crippen molar-refractivity contribution in [2.75, 3.05) is 11.1 Å². The summed E-state index contributed by atoms with van der Waals surface area (Å²) < 4.78 is 0. The van der Waals surface area contributed by atoms with E-state index in [0.29, 0.717) is 17.1 Å². The Balaban J connectivity index is 2.29. The molecule has 2 aromatic rings. The van der Waals surface area contributed by atoms with Gasteiger partial charge in [0.05, 0.1) is 23.5 Å². The van der Waals surface area contributed by atoms with Crippen molar-refractivity contribution in [3.8, 4) is 6.07 Å². The van der Waals surface area contributed by atoms with E-state index in [1.807, 2.05) is 13.0 Å². The molecule has 0 saturated carbocycles. The smallest absolute Gasteiger partial charge is 0.130 e. The zero-order valence-electron chi connectivity index (χ0n) is 9.44. The van der Waals surface area contributed by atoms with Gasteiger partial charge in [0.2, 0.25) is 0 Å². The van der Waals surface area contributed by atoms with Crippen molar-refractivity contribution < 1.29 is 0 Å². The average molecular weight is 224 g/mol. The first-order valence-electron chi connectivity index (χ1n) is 5.18. The second-order valence-electron chi connectivity index (χ2n) is 3.74. The molecule has 0 aliphatic carbocycles. The topological polar surface area (TPSA) is 74.7 Å². The van der Waals surface area contributed by atoms with Gasteiger partial charge in [-0.25, -0.2) is 4.98 Å². The highest BCUT2D eigenvalue weighted by molar-refractivity contribution is 5.63. The summed E-state index contributed by atoms with van der Waals surface area (Å²) in [6, 6.07) is 11.2. The fourth-order valence-corrected chi connectivity index (χ4v) is 1.44. The SMILES string of the molecule is Cc1ccc(C#N)cc1Nc1ccc(N)cn1. The van der Waals surface area contributed by atoms with Gasteiger partial charge in [0.1, 0.15) is 5.82 Å². The van der Waals surface area contributed by atoms with Crippen LogP contribution in [0.5, 0.6) is 0 Å². The monoisotopic (exact) mass is 224 g/mol. The van der Waals surface area contributed by atoms with E-state index in [9.17, 15) is 0 Å². The third-order valence-corrected chi connectivity index (χ3v) is 2.42. The molecule has 0 fully saturated rings. The van der Waals surface area contributed by atoms with Crippen LogP contribution < -0.4 is 11.1 Å². The molecule has 0 aliphatic heterocycles. The van der Waals surface area contributed by atoms with Crippen LogP contribution in [-0.2, 0) is 0 Å². The van der Waals surface area contributed by atoms with Gasteiger partial charge in [-0.15, -0.1) is 0 Å². The highest BCUT2D eigenvalue weighted by Gasteiger charge is 2.01. The summed E-state index contributed by atoms with van der Waals surface area (Å²) in [6.07, 6.45) is 1.59. The Morgan fingerprint density at radius 1 is 1.29 bits per heavy atom. The predicted molar refractivity (Wildman–Crippen MR) is 67.8 cm³/mol. The zero-order valence-corrected chi connectivity index (χ0v) is 9.44. The molecule has 1 heterocycles. The number of nitrogens with zero attached hydrogens (tertiary/aromatic N) is 2. The van der Waals surface area contributed by atoms with E-state index in [2.05, 4.69) is 16.4 Å². The van der Waals surface area contributed by atoms with Crippen molar-refractivity contribution in [1.29, 1.82) is 5.26 Å². The number of nitrogens with two attached hydrogens (primary N) is 1. The average Bonchev–Trinajstić information content (AvgIpc) is 2.35. The number of nitriles is 1. The molecule has 84 valence electrons. The Kier molecular flexibility index (Phi) is 2.93. The number of rotatable bonds is 2. The van der Waals surface area contributed by atoms with Crippen LogP contribution in [0.1, 0.15) is 11.1 Å². The van der Waals surface area contributed by atoms with Crippen LogP contribution in [0.25, 0.3) is 0 Å². The molecule has 4 nitrogen and oxygen atoms in total. The number of nitrogens with one attached hydrogen (secondary N) is 1. The minimum absolute atomic E-state index is 0.619. The maximum Gasteiger partial charge on any atom is 0.130 e. The lowest BCUT2D eigenvalue weighted by Crippen LogP contribution is -1.97. The van der Waals surface area contributed by atoms with E-state index in [-0.39, 0.29) is 0 Å². The van der Waals surface area contributed by atoms with Crippen LogP contribution >= 0.6 is 0 Å². The first-order valence-corrected chi connectivity index (χ1v) is 5.18. The van der Waals surface area contributed by atoms with Crippen LogP contribution in [-0.4, -0.2) is 4.98 Å². The Bertz CT molecular complexity index is 567. The number of anilines is 3. The lowest BCUT2D eigenvalue weighted by Gasteiger charge is -2.09. The quantitative estimate of drug-likeness (QED) is 0.822. The number of benzene rings is 1. The van der Waals surface area contributed by atoms with Gasteiger partial charge in [-0.05, 0) is 36.8 Å². The molecule has 0 atom stereocenters. The van der Waals surface area contributed by atoms with Crippen molar-refractivity contribution in [3.63, 3.8) is 0 Å². The second-order valence-corrected chi connectivity index (χ2v) is 3.74. The van der Waals surface area contributed by atoms with Gasteiger partial charge in [-0.2, -0.15) is 5.26 Å². The maximum atomic E-state index is 8.85. The highest BCUT2D eigenvalue weighted by Crippen LogP contribution is 2.20. The fraction of sp³-hybridized carbons (Fsp3) is 0.0769. The summed E-state index contributed by atoms with van der Waals surface area (Å²) in [5.74, 6) is 0.706. The number of aromatic nitrogens is 1. The Morgan fingerprint density at radius 2 is 2.12 bits per heavy atom. The van der Waals surface area contributed by atoms with E-state index in [4.69, 9.17) is 11.0 Å². The number of pyridine rings is 1. The molecule has 1 aromatic carbocycles. The van der Waals surface area contributed by atoms with Crippen LogP contribution in [0.15, 0.2) is 36.5 Å². The van der Waals surface area contributed by atoms with Crippen LogP contribution in [0.2, 0.25) is 0 Å². The van der Waals surface area contributed by atoms with E-state index in [1.54, 1.807) is 30.5 Å². The molecular weight excluding hydrogens is 212 g/mol. The third kappa shape index (κ3) is 2.52. The summed E-state index contributed by atoms with van der Waals surface area (Å²) in [5.41, 5.74) is 8.74. The molecular formula is C13H12N4. The summed E-state index contributed by atoms with van der Waals surface area (Å²) in [6.45, 7) is 1.97. The van der Waals surface area contributed by atoms with Crippen molar-refractivity contribution >= 4 is 17.2 Å². The first kappa shape index (κ1) is 11.0. The number of aryl methyl sites for hydroxylation is 1. The molecule has 0 aliphatic rings. The summed E-state index contributed by atoms with van der Waals surface area (Å²) in [7, 11) is 0. The van der Waals surface area contributed by atoms with Gasteiger partial charge in [-0.3, -0.25) is 0 Å². The van der Waals surface area contributed by atoms with Crippen molar-refractivity contribution in [3.05, 3.63) is 47.7 Å². The molecule has 0 bridgehead atoms. The predicted octanol–water partition coefficient (Wildman–Crippen LogP) is 2.59. The second kappa shape index (κ2) is 4.54. The van der Waals surface area contributed by atoms with Crippen LogP contribution in [0, 0.1) is 18.3 Å². The standard InChI is InChI=1S/C13H12N4/c1-9-2-3-10(7-14)6-12(9)17-13-5-4-11(15)8-16-13/h2-6,8H,15H2,1H3,(H,16,17). The third-order valence-electron chi connectivity index (χ3n) is 2.42. The number of hydrogen-bond acceptors (Lipinski definition) is 4. The van der Waals surface area contributed by atoms with Crippen molar-refractivity contribution in [1.82, 2.24) is 4.98 Å². The van der Waals surface area contributed by atoms with Gasteiger partial charge >= 0.3 is 0 Å². The van der Waals surface area contributed by atoms with E-state index < -0.39 is 0 Å². The molecule has 3 N–H and O–H groups in total. The van der Waals surface area contributed by atoms with Gasteiger partial charge < -0.3 is 11.1 Å². The molecule has 0 unspecified atom stereocenters. The Hall–Kier alpha value is -2.54. The van der Waals surface area contributed by atoms with Gasteiger partial charge in [0.15, 0.2) is 0 Å². The van der Waals surface area contributed by atoms with E-state index >= 15 is 0 Å². The van der Waals surface area contributed by atoms with Crippen molar-refractivity contribution in [2.45, 2.75) is 6.92 Å². The minimum Gasteiger partial charge on any atom is -0.397 e. The largest absolute Gasteiger partial charge is 0.397 e. The van der Waals surface area contributed by atoms with Crippen LogP contribution in [0.4, 0.5) is 17.2 Å². The van der Waals surface area contributed by atoms with Crippen molar-refractivity contribution in [2.24, 2.45) is 0 Å². The number of nitrogen functional groups attached to an aromatic ring is 1. The minimum atomic E-state index is 0.619. The van der Waals surface area contributed by atoms with Gasteiger partial charge in [0.25, 0.3) is 0 Å². The zero-order chi connectivity index (χ0) is 12.3. The van der Waals surface area contributed by atoms with Crippen LogP contribution in [0.3, 0.4) is 0 Å². The molecule has 0 spiro atoms.